The van der Waals surface area contributed by atoms with Crippen LogP contribution in [0.4, 0.5) is 8.78 Å². The number of benzene rings is 2. The molecule has 112 valence electrons. The summed E-state index contributed by atoms with van der Waals surface area (Å²) in [6, 6.07) is 9.72. The number of hydrogen-bond donors (Lipinski definition) is 1. The van der Waals surface area contributed by atoms with E-state index >= 15 is 0 Å². The summed E-state index contributed by atoms with van der Waals surface area (Å²) in [4.78, 5) is 0. The first-order chi connectivity index (χ1) is 10.1. The number of methoxy groups -OCH3 is 1. The standard InChI is InChI=1S/C16H16BrF2NO/c1-20-13(11-6-4-7-12(17)16(11)19)9-10-5-3-8-14(21-2)15(10)18/h3-8,13,20H,9H2,1-2H3. The van der Waals surface area contributed by atoms with Crippen LogP contribution in [0.5, 0.6) is 5.75 Å². The number of nitrogens with one attached hydrogen (secondary N) is 1. The van der Waals surface area contributed by atoms with E-state index in [0.717, 1.165) is 0 Å². The summed E-state index contributed by atoms with van der Waals surface area (Å²) in [7, 11) is 3.15. The first-order valence-electron chi connectivity index (χ1n) is 6.51. The number of hydrogen-bond acceptors (Lipinski definition) is 2. The summed E-state index contributed by atoms with van der Waals surface area (Å²) in [6.45, 7) is 0. The van der Waals surface area contributed by atoms with Gasteiger partial charge in [0.2, 0.25) is 0 Å². The molecule has 1 N–H and O–H groups in total. The highest BCUT2D eigenvalue weighted by Gasteiger charge is 2.19. The predicted octanol–water partition coefficient (Wildman–Crippen LogP) is 4.24. The molecule has 0 aliphatic rings. The minimum atomic E-state index is -0.407. The number of likely N-dealkylation sites (N-methyl/N-ethyl adjacent to an activating group) is 1. The van der Waals surface area contributed by atoms with E-state index < -0.39 is 5.82 Å². The van der Waals surface area contributed by atoms with Gasteiger partial charge in [-0.15, -0.1) is 0 Å². The van der Waals surface area contributed by atoms with Gasteiger partial charge in [-0.25, -0.2) is 8.78 Å². The Hall–Kier alpha value is -1.46. The molecule has 0 saturated carbocycles. The average molecular weight is 356 g/mol. The monoisotopic (exact) mass is 355 g/mol. The predicted molar refractivity (Wildman–Crippen MR) is 82.6 cm³/mol. The SMILES string of the molecule is CNC(Cc1cccc(OC)c1F)c1cccc(Br)c1F. The van der Waals surface area contributed by atoms with Gasteiger partial charge in [-0.05, 0) is 47.1 Å². The van der Waals surface area contributed by atoms with E-state index in [1.165, 1.54) is 7.11 Å². The molecule has 0 amide bonds. The second kappa shape index (κ2) is 7.00. The zero-order chi connectivity index (χ0) is 15.4. The Kier molecular flexibility index (Phi) is 5.31. The molecule has 21 heavy (non-hydrogen) atoms. The maximum Gasteiger partial charge on any atom is 0.168 e. The molecular weight excluding hydrogens is 340 g/mol. The molecule has 2 aromatic carbocycles. The van der Waals surface area contributed by atoms with Crippen LogP contribution in [0.1, 0.15) is 17.2 Å². The van der Waals surface area contributed by atoms with Gasteiger partial charge in [0.1, 0.15) is 5.82 Å². The van der Waals surface area contributed by atoms with Crippen LogP contribution >= 0.6 is 15.9 Å². The van der Waals surface area contributed by atoms with E-state index in [9.17, 15) is 8.78 Å². The molecule has 0 spiro atoms. The lowest BCUT2D eigenvalue weighted by Gasteiger charge is -2.19. The first kappa shape index (κ1) is 15.9. The van der Waals surface area contributed by atoms with Gasteiger partial charge in [0.05, 0.1) is 11.6 Å². The van der Waals surface area contributed by atoms with Crippen molar-refractivity contribution < 1.29 is 13.5 Å². The molecule has 5 heteroatoms. The summed E-state index contributed by atoms with van der Waals surface area (Å²) in [5, 5.41) is 3.03. The van der Waals surface area contributed by atoms with Gasteiger partial charge in [-0.1, -0.05) is 24.3 Å². The van der Waals surface area contributed by atoms with E-state index in [1.807, 2.05) is 0 Å². The molecule has 0 saturated heterocycles. The smallest absolute Gasteiger partial charge is 0.168 e. The molecule has 1 unspecified atom stereocenters. The van der Waals surface area contributed by atoms with Crippen LogP contribution < -0.4 is 10.1 Å². The van der Waals surface area contributed by atoms with E-state index in [1.54, 1.807) is 43.4 Å². The highest BCUT2D eigenvalue weighted by Crippen LogP contribution is 2.28. The Bertz CT molecular complexity index is 634. The Balaban J connectivity index is 2.34. The van der Waals surface area contributed by atoms with Crippen LogP contribution in [-0.4, -0.2) is 14.2 Å². The number of ether oxygens (including phenoxy) is 1. The Morgan fingerprint density at radius 2 is 1.86 bits per heavy atom. The largest absolute Gasteiger partial charge is 0.494 e. The van der Waals surface area contributed by atoms with Crippen LogP contribution in [0.25, 0.3) is 0 Å². The Morgan fingerprint density at radius 1 is 1.14 bits per heavy atom. The molecule has 2 rings (SSSR count). The van der Waals surface area contributed by atoms with Crippen molar-refractivity contribution in [2.24, 2.45) is 0 Å². The van der Waals surface area contributed by atoms with Crippen molar-refractivity contribution in [3.63, 3.8) is 0 Å². The van der Waals surface area contributed by atoms with Crippen molar-refractivity contribution in [2.45, 2.75) is 12.5 Å². The van der Waals surface area contributed by atoms with Crippen molar-refractivity contribution in [1.82, 2.24) is 5.32 Å². The summed E-state index contributed by atoms with van der Waals surface area (Å²) >= 11 is 3.17. The minimum absolute atomic E-state index is 0.192. The number of rotatable bonds is 5. The second-order valence-corrected chi connectivity index (χ2v) is 5.48. The van der Waals surface area contributed by atoms with Gasteiger partial charge >= 0.3 is 0 Å². The van der Waals surface area contributed by atoms with Gasteiger partial charge in [0.15, 0.2) is 11.6 Å². The number of halogens is 3. The Morgan fingerprint density at radius 3 is 2.52 bits per heavy atom. The Labute approximate surface area is 131 Å². The second-order valence-electron chi connectivity index (χ2n) is 4.62. The zero-order valence-corrected chi connectivity index (χ0v) is 13.4. The third-order valence-electron chi connectivity index (χ3n) is 3.39. The molecule has 0 aromatic heterocycles. The van der Waals surface area contributed by atoms with Gasteiger partial charge in [0.25, 0.3) is 0 Å². The maximum absolute atomic E-state index is 14.2. The third-order valence-corrected chi connectivity index (χ3v) is 4.01. The van der Waals surface area contributed by atoms with Crippen molar-refractivity contribution in [3.05, 3.63) is 63.6 Å². The fourth-order valence-electron chi connectivity index (χ4n) is 2.25. The highest BCUT2D eigenvalue weighted by molar-refractivity contribution is 9.10. The van der Waals surface area contributed by atoms with Crippen molar-refractivity contribution in [3.8, 4) is 5.75 Å². The topological polar surface area (TPSA) is 21.3 Å². The quantitative estimate of drug-likeness (QED) is 0.865. The van der Waals surface area contributed by atoms with E-state index in [4.69, 9.17) is 4.74 Å². The van der Waals surface area contributed by atoms with Crippen molar-refractivity contribution >= 4 is 15.9 Å². The zero-order valence-electron chi connectivity index (χ0n) is 11.8. The van der Waals surface area contributed by atoms with Crippen molar-refractivity contribution in [1.29, 1.82) is 0 Å². The van der Waals surface area contributed by atoms with Gasteiger partial charge < -0.3 is 10.1 Å². The van der Waals surface area contributed by atoms with Crippen molar-refractivity contribution in [2.75, 3.05) is 14.2 Å². The molecule has 0 radical (unpaired) electrons. The van der Waals surface area contributed by atoms with Crippen LogP contribution in [0, 0.1) is 11.6 Å². The molecule has 0 fully saturated rings. The lowest BCUT2D eigenvalue weighted by Crippen LogP contribution is -2.20. The van der Waals surface area contributed by atoms with E-state index in [2.05, 4.69) is 21.2 Å². The molecular formula is C16H16BrF2NO. The summed E-state index contributed by atoms with van der Waals surface area (Å²) in [6.07, 6.45) is 0.326. The van der Waals surface area contributed by atoms with Crippen LogP contribution in [0.2, 0.25) is 0 Å². The average Bonchev–Trinajstić information content (AvgIpc) is 2.49. The lowest BCUT2D eigenvalue weighted by molar-refractivity contribution is 0.382. The molecule has 0 aliphatic carbocycles. The summed E-state index contributed by atoms with van der Waals surface area (Å²) < 4.78 is 33.8. The summed E-state index contributed by atoms with van der Waals surface area (Å²) in [5.74, 6) is -0.548. The molecule has 2 aromatic rings. The van der Waals surface area contributed by atoms with Gasteiger partial charge in [0, 0.05) is 11.6 Å². The maximum atomic E-state index is 14.2. The normalized spacial score (nSPS) is 12.2. The minimum Gasteiger partial charge on any atom is -0.494 e. The third kappa shape index (κ3) is 3.41. The molecule has 0 aliphatic heterocycles. The van der Waals surface area contributed by atoms with Crippen LogP contribution in [-0.2, 0) is 6.42 Å². The van der Waals surface area contributed by atoms with E-state index in [-0.39, 0.29) is 17.6 Å². The molecule has 2 nitrogen and oxygen atoms in total. The fourth-order valence-corrected chi connectivity index (χ4v) is 2.63. The molecule has 1 atom stereocenters. The van der Waals surface area contributed by atoms with Crippen LogP contribution in [0.15, 0.2) is 40.9 Å². The molecule has 0 heterocycles. The van der Waals surface area contributed by atoms with E-state index in [0.29, 0.717) is 22.0 Å². The fraction of sp³-hybridized carbons (Fsp3) is 0.250. The summed E-state index contributed by atoms with van der Waals surface area (Å²) in [5.41, 5.74) is 0.974. The first-order valence-corrected chi connectivity index (χ1v) is 7.30. The molecule has 0 bridgehead atoms. The lowest BCUT2D eigenvalue weighted by atomic mass is 9.98. The van der Waals surface area contributed by atoms with Gasteiger partial charge in [-0.3, -0.25) is 0 Å². The highest BCUT2D eigenvalue weighted by atomic mass is 79.9. The van der Waals surface area contributed by atoms with Crippen LogP contribution in [0.3, 0.4) is 0 Å². The van der Waals surface area contributed by atoms with Gasteiger partial charge in [-0.2, -0.15) is 0 Å².